The molecule has 2 rings (SSSR count). The second-order valence-electron chi connectivity index (χ2n) is 5.57. The van der Waals surface area contributed by atoms with Crippen LogP contribution in [0.3, 0.4) is 0 Å². The quantitative estimate of drug-likeness (QED) is 0.520. The molecule has 0 heterocycles. The minimum atomic E-state index is 0.705. The first-order valence-corrected chi connectivity index (χ1v) is 7.53. The predicted octanol–water partition coefficient (Wildman–Crippen LogP) is 3.98. The van der Waals surface area contributed by atoms with E-state index < -0.39 is 0 Å². The van der Waals surface area contributed by atoms with Gasteiger partial charge < -0.3 is 0 Å². The lowest BCUT2D eigenvalue weighted by Gasteiger charge is -2.36. The normalized spacial score (nSPS) is 31.9. The van der Waals surface area contributed by atoms with E-state index in [1.807, 2.05) is 11.8 Å². The molecule has 2 fully saturated rings. The maximum absolute atomic E-state index is 4.82. The Kier molecular flexibility index (Phi) is 3.76. The molecule has 0 saturated heterocycles. The summed E-state index contributed by atoms with van der Waals surface area (Å²) in [7, 11) is 0. The summed E-state index contributed by atoms with van der Waals surface area (Å²) in [4.78, 5) is 4.82. The molecule has 2 saturated carbocycles. The highest BCUT2D eigenvalue weighted by Crippen LogP contribution is 2.41. The Hall–Kier alpha value is 0.0200. The number of thioether (sulfide) groups is 1. The van der Waals surface area contributed by atoms with Crippen LogP contribution >= 0.6 is 11.8 Å². The third-order valence-corrected chi connectivity index (χ3v) is 4.31. The van der Waals surface area contributed by atoms with Crippen LogP contribution in [-0.4, -0.2) is 17.3 Å². The van der Waals surface area contributed by atoms with E-state index in [-0.39, 0.29) is 0 Å². The molecule has 0 atom stereocenters. The van der Waals surface area contributed by atoms with E-state index in [9.17, 15) is 0 Å². The van der Waals surface area contributed by atoms with Crippen LogP contribution in [0.1, 0.15) is 46.0 Å². The van der Waals surface area contributed by atoms with Gasteiger partial charge in [0.05, 0.1) is 11.1 Å². The fraction of sp³-hybridized carbons (Fsp3) is 0.923. The molecule has 2 heteroatoms. The first-order valence-electron chi connectivity index (χ1n) is 6.30. The highest BCUT2D eigenvalue weighted by atomic mass is 32.2. The average Bonchev–Trinajstić information content (AvgIpc) is 2.90. The minimum absolute atomic E-state index is 0.705. The topological polar surface area (TPSA) is 12.4 Å². The fourth-order valence-electron chi connectivity index (χ4n) is 2.50. The van der Waals surface area contributed by atoms with Gasteiger partial charge in [-0.15, -0.1) is 11.8 Å². The molecular weight excluding hydrogens is 202 g/mol. The van der Waals surface area contributed by atoms with E-state index in [0.717, 1.165) is 17.8 Å². The van der Waals surface area contributed by atoms with Crippen molar-refractivity contribution in [2.24, 2.45) is 22.7 Å². The van der Waals surface area contributed by atoms with Gasteiger partial charge in [0.25, 0.3) is 0 Å². The van der Waals surface area contributed by atoms with Gasteiger partial charge in [-0.25, -0.2) is 0 Å². The van der Waals surface area contributed by atoms with Crippen LogP contribution < -0.4 is 0 Å². The van der Waals surface area contributed by atoms with Gasteiger partial charge in [-0.3, -0.25) is 4.99 Å². The van der Waals surface area contributed by atoms with Crippen LogP contribution in [0.4, 0.5) is 0 Å². The van der Waals surface area contributed by atoms with Crippen molar-refractivity contribution >= 4 is 16.8 Å². The van der Waals surface area contributed by atoms with Crippen LogP contribution in [-0.2, 0) is 0 Å². The molecule has 0 bridgehead atoms. The van der Waals surface area contributed by atoms with Crippen molar-refractivity contribution < 1.29 is 0 Å². The summed E-state index contributed by atoms with van der Waals surface area (Å²) in [5.74, 6) is 2.69. The zero-order valence-corrected chi connectivity index (χ0v) is 11.0. The fourth-order valence-corrected chi connectivity index (χ4v) is 3.29. The lowest BCUT2D eigenvalue weighted by Crippen LogP contribution is -2.30. The van der Waals surface area contributed by atoms with E-state index in [0.29, 0.717) is 6.04 Å². The molecule has 2 aliphatic carbocycles. The Morgan fingerprint density at radius 3 is 2.47 bits per heavy atom. The maximum atomic E-state index is 4.82. The van der Waals surface area contributed by atoms with Crippen molar-refractivity contribution in [3.8, 4) is 0 Å². The van der Waals surface area contributed by atoms with Gasteiger partial charge >= 0.3 is 0 Å². The summed E-state index contributed by atoms with van der Waals surface area (Å²) in [6.07, 6.45) is 9.10. The van der Waals surface area contributed by atoms with Gasteiger partial charge in [0.1, 0.15) is 0 Å². The van der Waals surface area contributed by atoms with Gasteiger partial charge in [0.15, 0.2) is 0 Å². The van der Waals surface area contributed by atoms with Crippen LogP contribution in [0.25, 0.3) is 0 Å². The molecule has 1 nitrogen and oxygen atoms in total. The summed E-state index contributed by atoms with van der Waals surface area (Å²) < 4.78 is 0. The van der Waals surface area contributed by atoms with Gasteiger partial charge in [0.2, 0.25) is 0 Å². The van der Waals surface area contributed by atoms with E-state index in [4.69, 9.17) is 4.99 Å². The summed E-state index contributed by atoms with van der Waals surface area (Å²) in [6.45, 7) is 4.67. The van der Waals surface area contributed by atoms with Crippen molar-refractivity contribution in [1.29, 1.82) is 0 Å². The molecule has 0 aromatic rings. The lowest BCUT2D eigenvalue weighted by molar-refractivity contribution is 0.219. The first-order chi connectivity index (χ1) is 7.19. The summed E-state index contributed by atoms with van der Waals surface area (Å²) in [5, 5.41) is 1.46. The van der Waals surface area contributed by atoms with Crippen LogP contribution in [0, 0.1) is 17.8 Å². The predicted molar refractivity (Wildman–Crippen MR) is 69.6 cm³/mol. The van der Waals surface area contributed by atoms with E-state index in [1.165, 1.54) is 37.1 Å². The number of aliphatic imine (C=N–C) groups is 1. The second kappa shape index (κ2) is 4.90. The monoisotopic (exact) mass is 225 g/mol. The zero-order valence-electron chi connectivity index (χ0n) is 10.2. The summed E-state index contributed by atoms with van der Waals surface area (Å²) >= 11 is 1.89. The molecule has 86 valence electrons. The highest BCUT2D eigenvalue weighted by Gasteiger charge is 2.34. The Bertz CT molecular complexity index is 237. The Balaban J connectivity index is 1.76. The summed E-state index contributed by atoms with van der Waals surface area (Å²) in [5.41, 5.74) is 0. The van der Waals surface area contributed by atoms with E-state index in [1.54, 1.807) is 0 Å². The molecule has 0 aromatic heterocycles. The second-order valence-corrected chi connectivity index (χ2v) is 6.39. The SMILES string of the molecule is CS/C(=N\C1CC1)[C@H]1C[C@@H](CC(C)C)C1. The zero-order chi connectivity index (χ0) is 10.8. The summed E-state index contributed by atoms with van der Waals surface area (Å²) in [6, 6.07) is 0.705. The smallest absolute Gasteiger partial charge is 0.0707 e. The molecule has 2 aliphatic rings. The number of hydrogen-bond acceptors (Lipinski definition) is 2. The molecule has 0 unspecified atom stereocenters. The third-order valence-electron chi connectivity index (χ3n) is 3.46. The van der Waals surface area contributed by atoms with Crippen molar-refractivity contribution in [3.05, 3.63) is 0 Å². The molecule has 0 amide bonds. The number of rotatable bonds is 4. The van der Waals surface area contributed by atoms with Gasteiger partial charge in [-0.1, -0.05) is 13.8 Å². The van der Waals surface area contributed by atoms with Crippen LogP contribution in [0.2, 0.25) is 0 Å². The molecule has 0 aliphatic heterocycles. The molecule has 15 heavy (non-hydrogen) atoms. The lowest BCUT2D eigenvalue weighted by atomic mass is 9.72. The van der Waals surface area contributed by atoms with Gasteiger partial charge in [-0.2, -0.15) is 0 Å². The Morgan fingerprint density at radius 2 is 2.00 bits per heavy atom. The van der Waals surface area contributed by atoms with Crippen molar-refractivity contribution in [3.63, 3.8) is 0 Å². The van der Waals surface area contributed by atoms with Gasteiger partial charge in [0, 0.05) is 5.92 Å². The van der Waals surface area contributed by atoms with Crippen LogP contribution in [0.5, 0.6) is 0 Å². The van der Waals surface area contributed by atoms with Gasteiger partial charge in [-0.05, 0) is 50.2 Å². The number of nitrogens with zero attached hydrogens (tertiary/aromatic N) is 1. The first kappa shape index (κ1) is 11.5. The van der Waals surface area contributed by atoms with E-state index in [2.05, 4.69) is 20.1 Å². The molecular formula is C13H23NS. The average molecular weight is 225 g/mol. The maximum Gasteiger partial charge on any atom is 0.0707 e. The molecule has 0 radical (unpaired) electrons. The van der Waals surface area contributed by atoms with Crippen molar-refractivity contribution in [2.75, 3.05) is 6.26 Å². The standard InChI is InChI=1S/C13H23NS/c1-9(2)6-10-7-11(8-10)13(15-3)14-12-4-5-12/h9-12H,4-8H2,1-3H3/b14-13-/t10-,11+. The highest BCUT2D eigenvalue weighted by molar-refractivity contribution is 8.13. The largest absolute Gasteiger partial charge is 0.279 e. The van der Waals surface area contributed by atoms with E-state index >= 15 is 0 Å². The molecule has 0 spiro atoms. The molecule has 0 aromatic carbocycles. The van der Waals surface area contributed by atoms with Crippen molar-refractivity contribution in [2.45, 2.75) is 52.0 Å². The van der Waals surface area contributed by atoms with Crippen molar-refractivity contribution in [1.82, 2.24) is 0 Å². The number of hydrogen-bond donors (Lipinski definition) is 0. The van der Waals surface area contributed by atoms with Crippen LogP contribution in [0.15, 0.2) is 4.99 Å². The molecule has 0 N–H and O–H groups in total. The third kappa shape index (κ3) is 3.24. The Morgan fingerprint density at radius 1 is 1.33 bits per heavy atom. The Labute approximate surface area is 98.1 Å². The minimum Gasteiger partial charge on any atom is -0.279 e.